The molecule has 3 heterocycles. The molecule has 1 aliphatic rings. The summed E-state index contributed by atoms with van der Waals surface area (Å²) < 4.78 is 5.48. The predicted octanol–water partition coefficient (Wildman–Crippen LogP) is 3.32. The number of para-hydroxylation sites is 1. The number of carbonyl (C=O) groups excluding carboxylic acids is 1. The number of aromatic nitrogens is 1. The van der Waals surface area contributed by atoms with Crippen molar-refractivity contribution in [1.82, 2.24) is 15.2 Å². The molecule has 0 spiro atoms. The maximum atomic E-state index is 13.2. The molecule has 1 N–H and O–H groups in total. The van der Waals surface area contributed by atoms with E-state index in [0.717, 1.165) is 36.8 Å². The summed E-state index contributed by atoms with van der Waals surface area (Å²) in [5.41, 5.74) is 2.17. The Bertz CT molecular complexity index is 883. The third-order valence-corrected chi connectivity index (χ3v) is 4.90. The monoisotopic (exact) mass is 335 g/mol. The minimum absolute atomic E-state index is 0.0401. The molecule has 25 heavy (non-hydrogen) atoms. The molecule has 4 rings (SSSR count). The third-order valence-electron chi connectivity index (χ3n) is 4.90. The van der Waals surface area contributed by atoms with E-state index in [1.165, 1.54) is 0 Å². The summed E-state index contributed by atoms with van der Waals surface area (Å²) in [5, 5.41) is 4.22. The molecule has 5 nitrogen and oxygen atoms in total. The van der Waals surface area contributed by atoms with Gasteiger partial charge in [-0.1, -0.05) is 18.2 Å². The highest BCUT2D eigenvalue weighted by Gasteiger charge is 2.25. The Kier molecular flexibility index (Phi) is 4.24. The van der Waals surface area contributed by atoms with Crippen molar-refractivity contribution in [3.63, 3.8) is 0 Å². The number of piperidine rings is 1. The van der Waals surface area contributed by atoms with Crippen LogP contribution < -0.4 is 5.32 Å². The molecule has 1 fully saturated rings. The van der Waals surface area contributed by atoms with Crippen LogP contribution in [0.25, 0.3) is 22.4 Å². The molecule has 128 valence electrons. The van der Waals surface area contributed by atoms with Crippen molar-refractivity contribution in [1.29, 1.82) is 0 Å². The third kappa shape index (κ3) is 3.03. The zero-order chi connectivity index (χ0) is 17.2. The van der Waals surface area contributed by atoms with Crippen LogP contribution in [-0.4, -0.2) is 42.0 Å². The summed E-state index contributed by atoms with van der Waals surface area (Å²) in [5.74, 6) is 0.711. The lowest BCUT2D eigenvalue weighted by Gasteiger charge is -2.32. The number of nitrogens with zero attached hydrogens (tertiary/aromatic N) is 2. The number of hydrogen-bond acceptors (Lipinski definition) is 4. The van der Waals surface area contributed by atoms with Crippen LogP contribution in [0.4, 0.5) is 0 Å². The number of carbonyl (C=O) groups is 1. The molecule has 5 heteroatoms. The van der Waals surface area contributed by atoms with Crippen LogP contribution in [0.15, 0.2) is 53.1 Å². The first kappa shape index (κ1) is 15.8. The second-order valence-corrected chi connectivity index (χ2v) is 6.45. The summed E-state index contributed by atoms with van der Waals surface area (Å²) in [6, 6.07) is 13.6. The lowest BCUT2D eigenvalue weighted by Crippen LogP contribution is -2.44. The number of fused-ring (bicyclic) bond motifs is 1. The molecular formula is C20H21N3O2. The van der Waals surface area contributed by atoms with Crippen molar-refractivity contribution >= 4 is 16.8 Å². The molecule has 0 saturated carbocycles. The number of hydrogen-bond donors (Lipinski definition) is 1. The number of rotatable bonds is 3. The molecule has 1 aliphatic heterocycles. The van der Waals surface area contributed by atoms with Crippen LogP contribution in [-0.2, 0) is 0 Å². The van der Waals surface area contributed by atoms with Crippen LogP contribution >= 0.6 is 0 Å². The van der Waals surface area contributed by atoms with Gasteiger partial charge in [0.15, 0.2) is 5.76 Å². The fourth-order valence-electron chi connectivity index (χ4n) is 3.45. The van der Waals surface area contributed by atoms with Crippen molar-refractivity contribution in [3.8, 4) is 11.5 Å². The van der Waals surface area contributed by atoms with Gasteiger partial charge in [0.2, 0.25) is 0 Å². The molecule has 0 radical (unpaired) electrons. The van der Waals surface area contributed by atoms with E-state index in [-0.39, 0.29) is 11.9 Å². The Hall–Kier alpha value is -2.66. The molecule has 0 bridgehead atoms. The van der Waals surface area contributed by atoms with Gasteiger partial charge in [-0.05, 0) is 50.2 Å². The number of nitrogens with one attached hydrogen (secondary N) is 1. The fourth-order valence-corrected chi connectivity index (χ4v) is 3.45. The van der Waals surface area contributed by atoms with Crippen LogP contribution in [0.1, 0.15) is 23.2 Å². The van der Waals surface area contributed by atoms with Crippen LogP contribution in [0.2, 0.25) is 0 Å². The number of benzene rings is 1. The van der Waals surface area contributed by atoms with Crippen molar-refractivity contribution < 1.29 is 9.21 Å². The van der Waals surface area contributed by atoms with E-state index in [0.29, 0.717) is 17.0 Å². The van der Waals surface area contributed by atoms with Gasteiger partial charge in [0.1, 0.15) is 5.69 Å². The Morgan fingerprint density at radius 2 is 2.00 bits per heavy atom. The molecule has 2 aromatic heterocycles. The minimum Gasteiger partial charge on any atom is -0.463 e. The van der Waals surface area contributed by atoms with Gasteiger partial charge in [-0.25, -0.2) is 4.98 Å². The van der Waals surface area contributed by atoms with E-state index in [9.17, 15) is 4.79 Å². The molecule has 1 aromatic carbocycles. The highest BCUT2D eigenvalue weighted by molar-refractivity contribution is 6.07. The van der Waals surface area contributed by atoms with Gasteiger partial charge in [-0.15, -0.1) is 0 Å². The van der Waals surface area contributed by atoms with Gasteiger partial charge in [0, 0.05) is 18.5 Å². The maximum Gasteiger partial charge on any atom is 0.254 e. The quantitative estimate of drug-likeness (QED) is 0.798. The average Bonchev–Trinajstić information content (AvgIpc) is 3.21. The zero-order valence-electron chi connectivity index (χ0n) is 14.2. The van der Waals surface area contributed by atoms with E-state index in [1.54, 1.807) is 6.26 Å². The first-order valence-electron chi connectivity index (χ1n) is 8.65. The van der Waals surface area contributed by atoms with Crippen molar-refractivity contribution in [2.24, 2.45) is 0 Å². The minimum atomic E-state index is 0.0401. The second-order valence-electron chi connectivity index (χ2n) is 6.45. The first-order valence-corrected chi connectivity index (χ1v) is 8.65. The maximum absolute atomic E-state index is 13.2. The second kappa shape index (κ2) is 6.69. The molecule has 1 amide bonds. The van der Waals surface area contributed by atoms with Gasteiger partial charge in [0.05, 0.1) is 17.3 Å². The van der Waals surface area contributed by atoms with Crippen molar-refractivity contribution in [2.45, 2.75) is 18.9 Å². The number of pyridine rings is 1. The summed E-state index contributed by atoms with van der Waals surface area (Å²) >= 11 is 0. The van der Waals surface area contributed by atoms with E-state index in [2.05, 4.69) is 10.3 Å². The zero-order valence-corrected chi connectivity index (χ0v) is 14.2. The van der Waals surface area contributed by atoms with Gasteiger partial charge in [0.25, 0.3) is 5.91 Å². The standard InChI is InChI=1S/C20H21N3O2/c1-23(14-8-10-21-11-9-14)20(24)16-13-18(19-7-4-12-25-19)22-17-6-3-2-5-15(16)17/h2-7,12-14,21H,8-11H2,1H3. The largest absolute Gasteiger partial charge is 0.463 e. The van der Waals surface area contributed by atoms with Gasteiger partial charge in [-0.3, -0.25) is 4.79 Å². The Balaban J connectivity index is 1.78. The predicted molar refractivity (Wildman–Crippen MR) is 97.4 cm³/mol. The van der Waals surface area contributed by atoms with E-state index in [1.807, 2.05) is 54.4 Å². The summed E-state index contributed by atoms with van der Waals surface area (Å²) in [6.45, 7) is 1.91. The summed E-state index contributed by atoms with van der Waals surface area (Å²) in [7, 11) is 1.90. The van der Waals surface area contributed by atoms with Crippen molar-refractivity contribution in [3.05, 3.63) is 54.3 Å². The number of furan rings is 1. The van der Waals surface area contributed by atoms with Crippen molar-refractivity contribution in [2.75, 3.05) is 20.1 Å². The average molecular weight is 335 g/mol. The molecule has 1 saturated heterocycles. The molecule has 0 aliphatic carbocycles. The summed E-state index contributed by atoms with van der Waals surface area (Å²) in [4.78, 5) is 19.8. The van der Waals surface area contributed by atoms with E-state index < -0.39 is 0 Å². The highest BCUT2D eigenvalue weighted by Crippen LogP contribution is 2.27. The normalized spacial score (nSPS) is 15.4. The fraction of sp³-hybridized carbons (Fsp3) is 0.300. The first-order chi connectivity index (χ1) is 12.2. The molecule has 0 unspecified atom stereocenters. The Morgan fingerprint density at radius 1 is 1.20 bits per heavy atom. The SMILES string of the molecule is CN(C(=O)c1cc(-c2ccco2)nc2ccccc12)C1CCNCC1. The Labute approximate surface area is 146 Å². The van der Waals surface area contributed by atoms with Crippen LogP contribution in [0.5, 0.6) is 0 Å². The number of amides is 1. The van der Waals surface area contributed by atoms with Gasteiger partial charge < -0.3 is 14.6 Å². The Morgan fingerprint density at radius 3 is 2.76 bits per heavy atom. The highest BCUT2D eigenvalue weighted by atomic mass is 16.3. The smallest absolute Gasteiger partial charge is 0.254 e. The van der Waals surface area contributed by atoms with Crippen LogP contribution in [0.3, 0.4) is 0 Å². The van der Waals surface area contributed by atoms with E-state index >= 15 is 0 Å². The molecule has 0 atom stereocenters. The lowest BCUT2D eigenvalue weighted by molar-refractivity contribution is 0.0705. The van der Waals surface area contributed by atoms with E-state index in [4.69, 9.17) is 4.42 Å². The van der Waals surface area contributed by atoms with Crippen LogP contribution in [0, 0.1) is 0 Å². The topological polar surface area (TPSA) is 58.4 Å². The molecular weight excluding hydrogens is 314 g/mol. The lowest BCUT2D eigenvalue weighted by atomic mass is 10.0. The van der Waals surface area contributed by atoms with Gasteiger partial charge >= 0.3 is 0 Å². The summed E-state index contributed by atoms with van der Waals surface area (Å²) in [6.07, 6.45) is 3.58. The molecule has 3 aromatic rings. The van der Waals surface area contributed by atoms with Gasteiger partial charge in [-0.2, -0.15) is 0 Å².